The average Bonchev–Trinajstić information content (AvgIpc) is 2.52. The van der Waals surface area contributed by atoms with Crippen molar-refractivity contribution in [3.8, 4) is 0 Å². The molecule has 0 spiro atoms. The normalized spacial score (nSPS) is 13.7. The van der Waals surface area contributed by atoms with Crippen LogP contribution in [-0.2, 0) is 0 Å². The summed E-state index contributed by atoms with van der Waals surface area (Å²) in [6.45, 7) is 9.96. The van der Waals surface area contributed by atoms with Crippen LogP contribution in [0, 0.1) is 5.41 Å². The predicted molar refractivity (Wildman–Crippen MR) is 88.5 cm³/mol. The second-order valence-corrected chi connectivity index (χ2v) is 6.33. The molecule has 1 aromatic rings. The maximum Gasteiger partial charge on any atom is 0.0914 e. The molecule has 1 unspecified atom stereocenters. The molecule has 1 atom stereocenters. The Labute approximate surface area is 129 Å². The third kappa shape index (κ3) is 5.10. The molecule has 0 radical (unpaired) electrons. The van der Waals surface area contributed by atoms with E-state index in [0.29, 0.717) is 12.5 Å². The molecular weight excluding hydrogens is 262 g/mol. The molecule has 0 amide bonds. The molecule has 0 heterocycles. The van der Waals surface area contributed by atoms with Crippen LogP contribution in [0.4, 0.5) is 0 Å². The first kappa shape index (κ1) is 18.1. The first-order chi connectivity index (χ1) is 9.98. The van der Waals surface area contributed by atoms with E-state index < -0.39 is 6.10 Å². The summed E-state index contributed by atoms with van der Waals surface area (Å²) in [4.78, 5) is 0. The molecule has 21 heavy (non-hydrogen) atoms. The van der Waals surface area contributed by atoms with Crippen LogP contribution in [0.3, 0.4) is 0 Å². The monoisotopic (exact) mass is 293 g/mol. The van der Waals surface area contributed by atoms with Gasteiger partial charge in [-0.3, -0.25) is 0 Å². The lowest BCUT2D eigenvalue weighted by Crippen LogP contribution is -2.38. The molecule has 3 nitrogen and oxygen atoms in total. The fourth-order valence-electron chi connectivity index (χ4n) is 2.47. The molecule has 3 N–H and O–H groups in total. The Hall–Kier alpha value is -0.900. The second kappa shape index (κ2) is 8.52. The van der Waals surface area contributed by atoms with Crippen molar-refractivity contribution in [1.82, 2.24) is 5.32 Å². The van der Waals surface area contributed by atoms with Crippen molar-refractivity contribution in [3.63, 3.8) is 0 Å². The van der Waals surface area contributed by atoms with Gasteiger partial charge in [-0.15, -0.1) is 0 Å². The van der Waals surface area contributed by atoms with Crippen molar-refractivity contribution in [2.45, 2.75) is 52.6 Å². The van der Waals surface area contributed by atoms with E-state index in [-0.39, 0.29) is 12.0 Å². The molecule has 0 saturated heterocycles. The zero-order valence-electron chi connectivity index (χ0n) is 13.9. The van der Waals surface area contributed by atoms with E-state index in [1.807, 2.05) is 12.1 Å². The average molecular weight is 293 g/mol. The summed E-state index contributed by atoms with van der Waals surface area (Å²) < 4.78 is 0. The first-order valence-corrected chi connectivity index (χ1v) is 8.07. The summed E-state index contributed by atoms with van der Waals surface area (Å²) in [6, 6.07) is 8.17. The second-order valence-electron chi connectivity index (χ2n) is 6.33. The highest BCUT2D eigenvalue weighted by Crippen LogP contribution is 2.24. The van der Waals surface area contributed by atoms with Crippen molar-refractivity contribution in [3.05, 3.63) is 35.4 Å². The van der Waals surface area contributed by atoms with E-state index >= 15 is 0 Å². The minimum absolute atomic E-state index is 0.0682. The maximum atomic E-state index is 10.2. The van der Waals surface area contributed by atoms with Crippen LogP contribution in [0.2, 0.25) is 0 Å². The van der Waals surface area contributed by atoms with Crippen LogP contribution < -0.4 is 5.32 Å². The lowest BCUT2D eigenvalue weighted by Gasteiger charge is -2.30. The number of aliphatic hydroxyl groups is 2. The quantitative estimate of drug-likeness (QED) is 0.655. The van der Waals surface area contributed by atoms with E-state index in [0.717, 1.165) is 24.9 Å². The fourth-order valence-corrected chi connectivity index (χ4v) is 2.47. The van der Waals surface area contributed by atoms with Crippen LogP contribution in [0.1, 0.15) is 63.7 Å². The van der Waals surface area contributed by atoms with Crippen molar-refractivity contribution in [2.24, 2.45) is 5.41 Å². The Morgan fingerprint density at radius 2 is 1.57 bits per heavy atom. The summed E-state index contributed by atoms with van der Waals surface area (Å²) >= 11 is 0. The summed E-state index contributed by atoms with van der Waals surface area (Å²) in [7, 11) is 0. The topological polar surface area (TPSA) is 52.5 Å². The standard InChI is InChI=1S/C18H31NO2/c1-5-18(6-2,13-20)12-19-11-17(21)16-9-7-15(8-10-16)14(3)4/h7-10,14,17,19-21H,5-6,11-13H2,1-4H3. The van der Waals surface area contributed by atoms with Crippen LogP contribution in [0.25, 0.3) is 0 Å². The Morgan fingerprint density at radius 1 is 1.05 bits per heavy atom. The fraction of sp³-hybridized carbons (Fsp3) is 0.667. The summed E-state index contributed by atoms with van der Waals surface area (Å²) in [5, 5.41) is 23.1. The molecule has 1 aromatic carbocycles. The highest BCUT2D eigenvalue weighted by molar-refractivity contribution is 5.26. The lowest BCUT2D eigenvalue weighted by atomic mass is 9.83. The van der Waals surface area contributed by atoms with Gasteiger partial charge in [-0.05, 0) is 29.9 Å². The van der Waals surface area contributed by atoms with Gasteiger partial charge in [-0.25, -0.2) is 0 Å². The van der Waals surface area contributed by atoms with Gasteiger partial charge in [0.2, 0.25) is 0 Å². The van der Waals surface area contributed by atoms with Gasteiger partial charge in [0.25, 0.3) is 0 Å². The Balaban J connectivity index is 2.52. The van der Waals surface area contributed by atoms with Crippen LogP contribution in [-0.4, -0.2) is 29.9 Å². The molecule has 0 saturated carbocycles. The van der Waals surface area contributed by atoms with E-state index in [1.165, 1.54) is 5.56 Å². The van der Waals surface area contributed by atoms with Crippen LogP contribution >= 0.6 is 0 Å². The number of hydrogen-bond acceptors (Lipinski definition) is 3. The van der Waals surface area contributed by atoms with Gasteiger partial charge in [0.15, 0.2) is 0 Å². The molecule has 120 valence electrons. The maximum absolute atomic E-state index is 10.2. The molecule has 0 aromatic heterocycles. The van der Waals surface area contributed by atoms with Gasteiger partial charge in [-0.1, -0.05) is 52.0 Å². The molecular formula is C18H31NO2. The largest absolute Gasteiger partial charge is 0.396 e. The zero-order chi connectivity index (χ0) is 15.9. The first-order valence-electron chi connectivity index (χ1n) is 8.07. The molecule has 0 aliphatic rings. The highest BCUT2D eigenvalue weighted by Gasteiger charge is 2.24. The van der Waals surface area contributed by atoms with Gasteiger partial charge in [0.1, 0.15) is 0 Å². The molecule has 0 aliphatic heterocycles. The van der Waals surface area contributed by atoms with Crippen molar-refractivity contribution >= 4 is 0 Å². The Bertz CT molecular complexity index is 388. The van der Waals surface area contributed by atoms with Crippen LogP contribution in [0.15, 0.2) is 24.3 Å². The zero-order valence-corrected chi connectivity index (χ0v) is 13.9. The Kier molecular flexibility index (Phi) is 7.36. The minimum atomic E-state index is -0.503. The number of rotatable bonds is 9. The number of aliphatic hydroxyl groups excluding tert-OH is 2. The van der Waals surface area contributed by atoms with Crippen molar-refractivity contribution < 1.29 is 10.2 Å². The minimum Gasteiger partial charge on any atom is -0.396 e. The molecule has 0 fully saturated rings. The van der Waals surface area contributed by atoms with E-state index in [1.54, 1.807) is 0 Å². The van der Waals surface area contributed by atoms with E-state index in [9.17, 15) is 10.2 Å². The molecule has 1 rings (SSSR count). The van der Waals surface area contributed by atoms with Crippen LogP contribution in [0.5, 0.6) is 0 Å². The van der Waals surface area contributed by atoms with Gasteiger partial charge in [0, 0.05) is 25.1 Å². The van der Waals surface area contributed by atoms with E-state index in [4.69, 9.17) is 0 Å². The predicted octanol–water partition coefficient (Wildman–Crippen LogP) is 3.23. The number of hydrogen-bond donors (Lipinski definition) is 3. The van der Waals surface area contributed by atoms with Gasteiger partial charge in [-0.2, -0.15) is 0 Å². The smallest absolute Gasteiger partial charge is 0.0914 e. The SMILES string of the molecule is CCC(CC)(CO)CNCC(O)c1ccc(C(C)C)cc1. The highest BCUT2D eigenvalue weighted by atomic mass is 16.3. The molecule has 0 bridgehead atoms. The third-order valence-electron chi connectivity index (χ3n) is 4.66. The summed E-state index contributed by atoms with van der Waals surface area (Å²) in [6.07, 6.45) is 1.37. The third-order valence-corrected chi connectivity index (χ3v) is 4.66. The summed E-state index contributed by atoms with van der Waals surface area (Å²) in [5.74, 6) is 0.508. The number of benzene rings is 1. The number of nitrogens with one attached hydrogen (secondary N) is 1. The van der Waals surface area contributed by atoms with Gasteiger partial charge < -0.3 is 15.5 Å². The van der Waals surface area contributed by atoms with Crippen molar-refractivity contribution in [2.75, 3.05) is 19.7 Å². The van der Waals surface area contributed by atoms with Gasteiger partial charge in [0.05, 0.1) is 6.10 Å². The molecule has 0 aliphatic carbocycles. The van der Waals surface area contributed by atoms with Crippen molar-refractivity contribution in [1.29, 1.82) is 0 Å². The molecule has 3 heteroatoms. The van der Waals surface area contributed by atoms with E-state index in [2.05, 4.69) is 45.1 Å². The van der Waals surface area contributed by atoms with Gasteiger partial charge >= 0.3 is 0 Å². The Morgan fingerprint density at radius 3 is 2.00 bits per heavy atom. The summed E-state index contributed by atoms with van der Waals surface area (Å²) in [5.41, 5.74) is 2.16. The lowest BCUT2D eigenvalue weighted by molar-refractivity contribution is 0.104.